The highest BCUT2D eigenvalue weighted by atomic mass is 79.9. The van der Waals surface area contributed by atoms with Crippen LogP contribution in [0.15, 0.2) is 41.0 Å². The molecule has 102 valence electrons. The van der Waals surface area contributed by atoms with Gasteiger partial charge >= 0.3 is 5.97 Å². The number of hydrogen-bond donors (Lipinski definition) is 2. The summed E-state index contributed by atoms with van der Waals surface area (Å²) in [6.07, 6.45) is 1.53. The predicted octanol–water partition coefficient (Wildman–Crippen LogP) is 3.10. The van der Waals surface area contributed by atoms with Gasteiger partial charge in [0, 0.05) is 16.4 Å². The second kappa shape index (κ2) is 5.83. The molecule has 1 heterocycles. The molecule has 2 aromatic rings. The Morgan fingerprint density at radius 2 is 2.05 bits per heavy atom. The molecule has 2 N–H and O–H groups in total. The Hall–Kier alpha value is -2.21. The SMILES string of the molecule is Cc1cc(C(=O)O)ccc1NC(=O)c1ncccc1Br. The highest BCUT2D eigenvalue weighted by Gasteiger charge is 2.13. The van der Waals surface area contributed by atoms with E-state index in [-0.39, 0.29) is 17.2 Å². The number of carbonyl (C=O) groups is 2. The fourth-order valence-corrected chi connectivity index (χ4v) is 2.11. The number of aromatic carboxylic acids is 1. The summed E-state index contributed by atoms with van der Waals surface area (Å²) in [5, 5.41) is 11.6. The third kappa shape index (κ3) is 3.03. The molecule has 0 radical (unpaired) electrons. The molecule has 0 unspecified atom stereocenters. The van der Waals surface area contributed by atoms with Crippen LogP contribution < -0.4 is 5.32 Å². The summed E-state index contributed by atoms with van der Waals surface area (Å²) in [6.45, 7) is 1.73. The van der Waals surface area contributed by atoms with Crippen LogP contribution >= 0.6 is 15.9 Å². The number of carbonyl (C=O) groups excluding carboxylic acids is 1. The molecular weight excluding hydrogens is 324 g/mol. The second-order valence-electron chi connectivity index (χ2n) is 4.12. The lowest BCUT2D eigenvalue weighted by Gasteiger charge is -2.09. The van der Waals surface area contributed by atoms with E-state index in [1.165, 1.54) is 18.3 Å². The van der Waals surface area contributed by atoms with E-state index in [1.54, 1.807) is 25.1 Å². The first-order valence-corrected chi connectivity index (χ1v) is 6.54. The minimum Gasteiger partial charge on any atom is -0.478 e. The van der Waals surface area contributed by atoms with Gasteiger partial charge in [-0.05, 0) is 58.7 Å². The number of benzene rings is 1. The van der Waals surface area contributed by atoms with Crippen LogP contribution in [0.4, 0.5) is 5.69 Å². The van der Waals surface area contributed by atoms with Crippen molar-refractivity contribution in [3.63, 3.8) is 0 Å². The minimum atomic E-state index is -1.00. The third-order valence-electron chi connectivity index (χ3n) is 2.70. The largest absolute Gasteiger partial charge is 0.478 e. The number of aryl methyl sites for hydroxylation is 1. The van der Waals surface area contributed by atoms with Gasteiger partial charge in [0.1, 0.15) is 5.69 Å². The maximum absolute atomic E-state index is 12.1. The van der Waals surface area contributed by atoms with E-state index in [0.717, 1.165) is 0 Å². The predicted molar refractivity (Wildman–Crippen MR) is 78.0 cm³/mol. The highest BCUT2D eigenvalue weighted by Crippen LogP contribution is 2.19. The Labute approximate surface area is 123 Å². The molecule has 6 heteroatoms. The van der Waals surface area contributed by atoms with Gasteiger partial charge in [-0.2, -0.15) is 0 Å². The van der Waals surface area contributed by atoms with Crippen molar-refractivity contribution in [1.82, 2.24) is 4.98 Å². The van der Waals surface area contributed by atoms with Crippen LogP contribution in [0.25, 0.3) is 0 Å². The van der Waals surface area contributed by atoms with Gasteiger partial charge in [-0.1, -0.05) is 0 Å². The summed E-state index contributed by atoms with van der Waals surface area (Å²) in [6, 6.07) is 7.95. The van der Waals surface area contributed by atoms with Crippen molar-refractivity contribution in [3.05, 3.63) is 57.8 Å². The minimum absolute atomic E-state index is 0.180. The average Bonchev–Trinajstić information content (AvgIpc) is 2.41. The lowest BCUT2D eigenvalue weighted by molar-refractivity contribution is 0.0696. The standard InChI is InChI=1S/C14H11BrN2O3/c1-8-7-9(14(19)20)4-5-11(8)17-13(18)12-10(15)3-2-6-16-12/h2-7H,1H3,(H,17,18)(H,19,20). The molecule has 0 aliphatic carbocycles. The highest BCUT2D eigenvalue weighted by molar-refractivity contribution is 9.10. The van der Waals surface area contributed by atoms with Gasteiger partial charge < -0.3 is 10.4 Å². The maximum Gasteiger partial charge on any atom is 0.335 e. The van der Waals surface area contributed by atoms with Crippen molar-refractivity contribution in [2.45, 2.75) is 6.92 Å². The second-order valence-corrected chi connectivity index (χ2v) is 4.98. The Morgan fingerprint density at radius 1 is 1.30 bits per heavy atom. The van der Waals surface area contributed by atoms with Crippen molar-refractivity contribution >= 4 is 33.5 Å². The first kappa shape index (κ1) is 14.2. The van der Waals surface area contributed by atoms with E-state index in [0.29, 0.717) is 15.7 Å². The number of pyridine rings is 1. The maximum atomic E-state index is 12.1. The summed E-state index contributed by atoms with van der Waals surface area (Å²) in [7, 11) is 0. The number of amides is 1. The van der Waals surface area contributed by atoms with E-state index < -0.39 is 5.97 Å². The van der Waals surface area contributed by atoms with Crippen LogP contribution in [0.2, 0.25) is 0 Å². The van der Waals surface area contributed by atoms with Crippen LogP contribution in [-0.4, -0.2) is 22.0 Å². The topological polar surface area (TPSA) is 79.3 Å². The molecule has 1 aromatic heterocycles. The van der Waals surface area contributed by atoms with E-state index in [2.05, 4.69) is 26.2 Å². The smallest absolute Gasteiger partial charge is 0.335 e. The van der Waals surface area contributed by atoms with Crippen molar-refractivity contribution < 1.29 is 14.7 Å². The van der Waals surface area contributed by atoms with Gasteiger partial charge in [-0.15, -0.1) is 0 Å². The van der Waals surface area contributed by atoms with Crippen LogP contribution in [0.3, 0.4) is 0 Å². The zero-order valence-electron chi connectivity index (χ0n) is 10.6. The number of nitrogens with one attached hydrogen (secondary N) is 1. The van der Waals surface area contributed by atoms with E-state index in [1.807, 2.05) is 0 Å². The molecule has 0 fully saturated rings. The molecule has 0 spiro atoms. The summed E-state index contributed by atoms with van der Waals surface area (Å²) in [5.41, 5.74) is 1.68. The zero-order valence-corrected chi connectivity index (χ0v) is 12.1. The van der Waals surface area contributed by atoms with Crippen molar-refractivity contribution in [2.24, 2.45) is 0 Å². The van der Waals surface area contributed by atoms with E-state index in [9.17, 15) is 9.59 Å². The van der Waals surface area contributed by atoms with Gasteiger partial charge in [0.05, 0.1) is 5.56 Å². The number of carboxylic acids is 1. The lowest BCUT2D eigenvalue weighted by atomic mass is 10.1. The molecular formula is C14H11BrN2O3. The molecule has 0 saturated carbocycles. The van der Waals surface area contributed by atoms with Crippen molar-refractivity contribution in [2.75, 3.05) is 5.32 Å². The summed E-state index contributed by atoms with van der Waals surface area (Å²) in [5.74, 6) is -1.36. The van der Waals surface area contributed by atoms with Crippen molar-refractivity contribution in [3.8, 4) is 0 Å². The third-order valence-corrected chi connectivity index (χ3v) is 3.34. The number of aromatic nitrogens is 1. The normalized spacial score (nSPS) is 10.1. The molecule has 5 nitrogen and oxygen atoms in total. The Morgan fingerprint density at radius 3 is 2.65 bits per heavy atom. The molecule has 0 saturated heterocycles. The fourth-order valence-electron chi connectivity index (χ4n) is 1.67. The number of halogens is 1. The van der Waals surface area contributed by atoms with Gasteiger partial charge in [0.15, 0.2) is 0 Å². The molecule has 0 bridgehead atoms. The summed E-state index contributed by atoms with van der Waals surface area (Å²) in [4.78, 5) is 26.9. The number of anilines is 1. The number of carboxylic acid groups (broad SMARTS) is 1. The van der Waals surface area contributed by atoms with Gasteiger partial charge in [-0.3, -0.25) is 4.79 Å². The van der Waals surface area contributed by atoms with E-state index >= 15 is 0 Å². The van der Waals surface area contributed by atoms with Gasteiger partial charge in [0.2, 0.25) is 0 Å². The van der Waals surface area contributed by atoms with Crippen LogP contribution in [0.5, 0.6) is 0 Å². The zero-order chi connectivity index (χ0) is 14.7. The number of nitrogens with zero attached hydrogens (tertiary/aromatic N) is 1. The monoisotopic (exact) mass is 334 g/mol. The van der Waals surface area contributed by atoms with Gasteiger partial charge in [-0.25, -0.2) is 9.78 Å². The fraction of sp³-hybridized carbons (Fsp3) is 0.0714. The van der Waals surface area contributed by atoms with Crippen LogP contribution in [0.1, 0.15) is 26.4 Å². The Kier molecular flexibility index (Phi) is 4.14. The van der Waals surface area contributed by atoms with Crippen LogP contribution in [0, 0.1) is 6.92 Å². The molecule has 0 atom stereocenters. The Bertz CT molecular complexity index is 686. The summed E-state index contributed by atoms with van der Waals surface area (Å²) >= 11 is 3.26. The average molecular weight is 335 g/mol. The van der Waals surface area contributed by atoms with Gasteiger partial charge in [0.25, 0.3) is 5.91 Å². The quantitative estimate of drug-likeness (QED) is 0.903. The first-order valence-electron chi connectivity index (χ1n) is 5.75. The molecule has 20 heavy (non-hydrogen) atoms. The summed E-state index contributed by atoms with van der Waals surface area (Å²) < 4.78 is 0.595. The molecule has 1 aromatic carbocycles. The first-order chi connectivity index (χ1) is 9.49. The van der Waals surface area contributed by atoms with E-state index in [4.69, 9.17) is 5.11 Å². The number of hydrogen-bond acceptors (Lipinski definition) is 3. The molecule has 1 amide bonds. The van der Waals surface area contributed by atoms with Crippen LogP contribution in [-0.2, 0) is 0 Å². The molecule has 2 rings (SSSR count). The Balaban J connectivity index is 2.25. The van der Waals surface area contributed by atoms with Crippen molar-refractivity contribution in [1.29, 1.82) is 0 Å². The lowest BCUT2D eigenvalue weighted by Crippen LogP contribution is -2.15. The molecule has 0 aliphatic rings. The molecule has 0 aliphatic heterocycles. The number of rotatable bonds is 3.